The lowest BCUT2D eigenvalue weighted by Crippen LogP contribution is -2.46. The number of halogens is 1. The van der Waals surface area contributed by atoms with Crippen LogP contribution in [0.4, 0.5) is 0 Å². The van der Waals surface area contributed by atoms with E-state index in [1.54, 1.807) is 38.3 Å². The Morgan fingerprint density at radius 3 is 2.61 bits per heavy atom. The van der Waals surface area contributed by atoms with Crippen LogP contribution in [-0.4, -0.2) is 57.0 Å². The van der Waals surface area contributed by atoms with Gasteiger partial charge in [-0.3, -0.25) is 14.6 Å². The quantitative estimate of drug-likeness (QED) is 0.439. The van der Waals surface area contributed by atoms with Crippen LogP contribution >= 0.6 is 11.6 Å². The molecule has 2 N–H and O–H groups in total. The van der Waals surface area contributed by atoms with Gasteiger partial charge in [0.1, 0.15) is 11.9 Å². The predicted octanol–water partition coefficient (Wildman–Crippen LogP) is 4.67. The number of fused-ring (bicyclic) bond motifs is 1. The number of carbonyl (C=O) groups is 2. The number of pyridine rings is 1. The van der Waals surface area contributed by atoms with E-state index >= 15 is 0 Å². The molecule has 0 amide bonds. The Kier molecular flexibility index (Phi) is 9.36. The maximum absolute atomic E-state index is 13.4. The standard InChI is InChI=1S/C28H40ClNO6/c1-6-19-25(33)17(2)10-9-12-28(5)23(36-28)15-21(20(29)14-18-11-7-8-13-30-18)35-24(32)16-22(31)27(3,4)26(19)34/h7-8,11,13-14,17,19,21-23,25,31,33H,6,9-10,12,15-16H2,1-5H3/b20-14+/t17-,19+,21-,22-,23-,25-,28+/m0/s1. The molecular formula is C28H40ClNO6. The Hall–Kier alpha value is -1.80. The van der Waals surface area contributed by atoms with Crippen LogP contribution in [0.2, 0.25) is 0 Å². The fourth-order valence-electron chi connectivity index (χ4n) is 5.10. The molecule has 2 saturated heterocycles. The molecule has 2 fully saturated rings. The van der Waals surface area contributed by atoms with Crippen molar-refractivity contribution in [1.82, 2.24) is 4.98 Å². The van der Waals surface area contributed by atoms with Crippen molar-refractivity contribution >= 4 is 29.4 Å². The lowest BCUT2D eigenvalue weighted by atomic mass is 9.71. The first-order valence-corrected chi connectivity index (χ1v) is 13.3. The maximum Gasteiger partial charge on any atom is 0.309 e. The van der Waals surface area contributed by atoms with E-state index in [4.69, 9.17) is 21.1 Å². The van der Waals surface area contributed by atoms with E-state index < -0.39 is 35.6 Å². The van der Waals surface area contributed by atoms with Crippen LogP contribution in [0, 0.1) is 17.3 Å². The summed E-state index contributed by atoms with van der Waals surface area (Å²) in [4.78, 5) is 30.6. The lowest BCUT2D eigenvalue weighted by molar-refractivity contribution is -0.154. The number of ether oxygens (including phenoxy) is 2. The van der Waals surface area contributed by atoms with Gasteiger partial charge in [0, 0.05) is 18.5 Å². The molecule has 0 spiro atoms. The van der Waals surface area contributed by atoms with E-state index in [2.05, 4.69) is 4.98 Å². The Morgan fingerprint density at radius 1 is 1.25 bits per heavy atom. The SMILES string of the molecule is CC[C@H]1C(=O)C(C)(C)[C@@H](O)CC(=O)O[C@H](/C(Cl)=C\c2ccccn2)C[C@@H]2O[C@]2(C)CCC[C@H](C)[C@@H]1O. The fourth-order valence-corrected chi connectivity index (χ4v) is 5.35. The van der Waals surface area contributed by atoms with Crippen LogP contribution in [-0.2, 0) is 19.1 Å². The number of nitrogens with zero attached hydrogens (tertiary/aromatic N) is 1. The van der Waals surface area contributed by atoms with Crippen molar-refractivity contribution in [1.29, 1.82) is 0 Å². The molecule has 0 radical (unpaired) electrons. The Labute approximate surface area is 219 Å². The number of rotatable bonds is 3. The lowest BCUT2D eigenvalue weighted by Gasteiger charge is -2.35. The largest absolute Gasteiger partial charge is 0.456 e. The third kappa shape index (κ3) is 6.74. The monoisotopic (exact) mass is 521 g/mol. The molecule has 2 aliphatic rings. The second-order valence-electron chi connectivity index (χ2n) is 11.1. The van der Waals surface area contributed by atoms with Crippen LogP contribution in [0.3, 0.4) is 0 Å². The minimum absolute atomic E-state index is 0.0889. The summed E-state index contributed by atoms with van der Waals surface area (Å²) < 4.78 is 11.8. The van der Waals surface area contributed by atoms with Crippen molar-refractivity contribution in [2.45, 2.75) is 103 Å². The molecule has 1 aromatic rings. The minimum Gasteiger partial charge on any atom is -0.456 e. The summed E-state index contributed by atoms with van der Waals surface area (Å²) in [7, 11) is 0. The number of aliphatic hydroxyl groups excluding tert-OH is 2. The van der Waals surface area contributed by atoms with E-state index in [0.29, 0.717) is 23.6 Å². The number of aliphatic hydroxyl groups is 2. The summed E-state index contributed by atoms with van der Waals surface area (Å²) in [5.74, 6) is -1.62. The molecular weight excluding hydrogens is 482 g/mol. The molecule has 1 aromatic heterocycles. The second kappa shape index (κ2) is 11.7. The molecule has 2 aliphatic heterocycles. The number of hydrogen-bond acceptors (Lipinski definition) is 7. The maximum atomic E-state index is 13.4. The van der Waals surface area contributed by atoms with Crippen LogP contribution in [0.25, 0.3) is 6.08 Å². The zero-order valence-corrected chi connectivity index (χ0v) is 22.7. The van der Waals surface area contributed by atoms with E-state index in [1.807, 2.05) is 26.8 Å². The Balaban J connectivity index is 1.87. The summed E-state index contributed by atoms with van der Waals surface area (Å²) in [6.45, 7) is 9.08. The van der Waals surface area contributed by atoms with Gasteiger partial charge in [-0.1, -0.05) is 51.8 Å². The van der Waals surface area contributed by atoms with Gasteiger partial charge in [-0.2, -0.15) is 0 Å². The van der Waals surface area contributed by atoms with Crippen molar-refractivity contribution in [2.75, 3.05) is 0 Å². The number of aromatic nitrogens is 1. The number of epoxide rings is 1. The first kappa shape index (κ1) is 28.8. The molecule has 8 heteroatoms. The Morgan fingerprint density at radius 2 is 1.97 bits per heavy atom. The number of cyclic esters (lactones) is 1. The zero-order chi connectivity index (χ0) is 26.7. The molecule has 0 saturated carbocycles. The number of hydrogen-bond donors (Lipinski definition) is 2. The number of esters is 1. The van der Waals surface area contributed by atoms with E-state index in [9.17, 15) is 19.8 Å². The highest BCUT2D eigenvalue weighted by atomic mass is 35.5. The Bertz CT molecular complexity index is 951. The summed E-state index contributed by atoms with van der Waals surface area (Å²) >= 11 is 6.62. The third-order valence-electron chi connectivity index (χ3n) is 7.95. The fraction of sp³-hybridized carbons (Fsp3) is 0.679. The number of carbonyl (C=O) groups excluding carboxylic acids is 2. The average Bonchev–Trinajstić information content (AvgIpc) is 3.47. The van der Waals surface area contributed by atoms with Crippen molar-refractivity contribution < 1.29 is 29.3 Å². The molecule has 0 aromatic carbocycles. The first-order chi connectivity index (χ1) is 16.9. The van der Waals surface area contributed by atoms with Gasteiger partial charge in [0.05, 0.1) is 46.5 Å². The molecule has 3 rings (SSSR count). The van der Waals surface area contributed by atoms with Gasteiger partial charge < -0.3 is 19.7 Å². The first-order valence-electron chi connectivity index (χ1n) is 12.9. The molecule has 36 heavy (non-hydrogen) atoms. The summed E-state index contributed by atoms with van der Waals surface area (Å²) in [5, 5.41) is 22.2. The van der Waals surface area contributed by atoms with Crippen LogP contribution < -0.4 is 0 Å². The molecule has 7 atom stereocenters. The highest BCUT2D eigenvalue weighted by molar-refractivity contribution is 6.32. The number of Topliss-reactive ketones (excluding diaryl/α,β-unsaturated/α-hetero) is 1. The summed E-state index contributed by atoms with van der Waals surface area (Å²) in [6, 6.07) is 5.44. The molecule has 0 bridgehead atoms. The average molecular weight is 522 g/mol. The van der Waals surface area contributed by atoms with Crippen molar-refractivity contribution in [3.05, 3.63) is 35.1 Å². The third-order valence-corrected chi connectivity index (χ3v) is 8.30. The van der Waals surface area contributed by atoms with E-state index in [1.165, 1.54) is 0 Å². The van der Waals surface area contributed by atoms with Gasteiger partial charge in [0.2, 0.25) is 0 Å². The second-order valence-corrected chi connectivity index (χ2v) is 11.5. The molecule has 7 nitrogen and oxygen atoms in total. The highest BCUT2D eigenvalue weighted by Gasteiger charge is 2.53. The van der Waals surface area contributed by atoms with Crippen LogP contribution in [0.5, 0.6) is 0 Å². The van der Waals surface area contributed by atoms with Gasteiger partial charge >= 0.3 is 5.97 Å². The topological polar surface area (TPSA) is 109 Å². The van der Waals surface area contributed by atoms with Gasteiger partial charge in [-0.25, -0.2) is 0 Å². The van der Waals surface area contributed by atoms with Crippen molar-refractivity contribution in [3.8, 4) is 0 Å². The van der Waals surface area contributed by atoms with Crippen molar-refractivity contribution in [3.63, 3.8) is 0 Å². The molecule has 200 valence electrons. The zero-order valence-electron chi connectivity index (χ0n) is 21.9. The van der Waals surface area contributed by atoms with Crippen LogP contribution in [0.15, 0.2) is 29.4 Å². The normalized spacial score (nSPS) is 36.6. The van der Waals surface area contributed by atoms with Gasteiger partial charge in [0.15, 0.2) is 0 Å². The summed E-state index contributed by atoms with van der Waals surface area (Å²) in [5.41, 5.74) is -0.968. The van der Waals surface area contributed by atoms with E-state index in [-0.39, 0.29) is 29.8 Å². The van der Waals surface area contributed by atoms with Gasteiger partial charge in [-0.05, 0) is 50.3 Å². The predicted molar refractivity (Wildman–Crippen MR) is 138 cm³/mol. The van der Waals surface area contributed by atoms with Gasteiger partial charge in [0.25, 0.3) is 0 Å². The minimum atomic E-state index is -1.27. The molecule has 0 aliphatic carbocycles. The smallest absolute Gasteiger partial charge is 0.309 e. The summed E-state index contributed by atoms with van der Waals surface area (Å²) in [6.07, 6.45) is 3.12. The van der Waals surface area contributed by atoms with Crippen LogP contribution in [0.1, 0.15) is 78.8 Å². The van der Waals surface area contributed by atoms with Crippen molar-refractivity contribution in [2.24, 2.45) is 17.3 Å². The van der Waals surface area contributed by atoms with Gasteiger partial charge in [-0.15, -0.1) is 0 Å². The molecule has 3 heterocycles. The number of ketones is 1. The highest BCUT2D eigenvalue weighted by Crippen LogP contribution is 2.45. The molecule has 0 unspecified atom stereocenters. The van der Waals surface area contributed by atoms with E-state index in [0.717, 1.165) is 19.3 Å².